The lowest BCUT2D eigenvalue weighted by Crippen LogP contribution is -2.31. The molecule has 0 aliphatic heterocycles. The van der Waals surface area contributed by atoms with Crippen molar-refractivity contribution < 1.29 is 9.84 Å². The van der Waals surface area contributed by atoms with Crippen molar-refractivity contribution in [2.24, 2.45) is 5.92 Å². The molecule has 1 aromatic rings. The Kier molecular flexibility index (Phi) is 6.32. The quantitative estimate of drug-likeness (QED) is 0.759. The van der Waals surface area contributed by atoms with Crippen molar-refractivity contribution in [3.05, 3.63) is 29.8 Å². The van der Waals surface area contributed by atoms with Gasteiger partial charge in [0.2, 0.25) is 0 Å². The zero-order valence-corrected chi connectivity index (χ0v) is 12.6. The molecule has 2 N–H and O–H groups in total. The summed E-state index contributed by atoms with van der Waals surface area (Å²) in [6.45, 7) is 10.4. The van der Waals surface area contributed by atoms with Gasteiger partial charge in [0.15, 0.2) is 0 Å². The first-order valence-electron chi connectivity index (χ1n) is 7.08. The smallest absolute Gasteiger partial charge is 0.119 e. The van der Waals surface area contributed by atoms with Crippen molar-refractivity contribution in [1.82, 2.24) is 5.32 Å². The van der Waals surface area contributed by atoms with E-state index in [-0.39, 0.29) is 0 Å². The van der Waals surface area contributed by atoms with Crippen LogP contribution < -0.4 is 10.1 Å². The van der Waals surface area contributed by atoms with E-state index in [2.05, 4.69) is 31.3 Å². The Hall–Kier alpha value is -1.06. The highest BCUT2D eigenvalue weighted by Gasteiger charge is 2.18. The number of rotatable bonds is 8. The van der Waals surface area contributed by atoms with Crippen molar-refractivity contribution in [3.8, 4) is 5.75 Å². The summed E-state index contributed by atoms with van der Waals surface area (Å²) in [7, 11) is 0. The predicted octanol–water partition coefficient (Wildman–Crippen LogP) is 2.97. The third kappa shape index (κ3) is 6.60. The van der Waals surface area contributed by atoms with Crippen molar-refractivity contribution in [2.45, 2.75) is 46.3 Å². The molecule has 0 amide bonds. The van der Waals surface area contributed by atoms with E-state index in [1.165, 1.54) is 5.56 Å². The van der Waals surface area contributed by atoms with Gasteiger partial charge in [-0.2, -0.15) is 0 Å². The number of hydrogen-bond donors (Lipinski definition) is 2. The minimum Gasteiger partial charge on any atom is -0.491 e. The molecule has 0 saturated heterocycles. The highest BCUT2D eigenvalue weighted by Crippen LogP contribution is 2.16. The van der Waals surface area contributed by atoms with E-state index >= 15 is 0 Å². The number of hydrogen-bond acceptors (Lipinski definition) is 3. The number of nitrogens with one attached hydrogen (secondary N) is 1. The zero-order chi connectivity index (χ0) is 14.3. The molecule has 3 nitrogen and oxygen atoms in total. The lowest BCUT2D eigenvalue weighted by molar-refractivity contribution is 0.00846. The van der Waals surface area contributed by atoms with Crippen molar-refractivity contribution in [1.29, 1.82) is 0 Å². The molecule has 0 aromatic heterocycles. The molecular weight excluding hydrogens is 238 g/mol. The minimum absolute atomic E-state index is 0.328. The van der Waals surface area contributed by atoms with Gasteiger partial charge >= 0.3 is 0 Å². The molecule has 1 unspecified atom stereocenters. The number of benzene rings is 1. The fraction of sp³-hybridized carbons (Fsp3) is 0.625. The molecular formula is C16H27NO2. The van der Waals surface area contributed by atoms with Crippen LogP contribution in [0.5, 0.6) is 5.75 Å². The van der Waals surface area contributed by atoms with Crippen LogP contribution in [-0.2, 0) is 6.54 Å². The largest absolute Gasteiger partial charge is 0.491 e. The first kappa shape index (κ1) is 16.0. The Morgan fingerprint density at radius 1 is 1.26 bits per heavy atom. The third-order valence-electron chi connectivity index (χ3n) is 3.12. The van der Waals surface area contributed by atoms with Gasteiger partial charge < -0.3 is 15.2 Å². The van der Waals surface area contributed by atoms with Gasteiger partial charge in [0.05, 0.1) is 5.60 Å². The molecule has 0 spiro atoms. The third-order valence-corrected chi connectivity index (χ3v) is 3.12. The average molecular weight is 265 g/mol. The van der Waals surface area contributed by atoms with Gasteiger partial charge in [-0.1, -0.05) is 32.9 Å². The van der Waals surface area contributed by atoms with E-state index < -0.39 is 5.60 Å². The summed E-state index contributed by atoms with van der Waals surface area (Å²) in [6, 6.07) is 8.03. The maximum Gasteiger partial charge on any atom is 0.119 e. The maximum absolute atomic E-state index is 9.87. The van der Waals surface area contributed by atoms with Crippen LogP contribution in [0.1, 0.15) is 39.7 Å². The molecule has 0 fully saturated rings. The van der Waals surface area contributed by atoms with Crippen molar-refractivity contribution >= 4 is 0 Å². The van der Waals surface area contributed by atoms with E-state index in [1.807, 2.05) is 19.1 Å². The fourth-order valence-corrected chi connectivity index (χ4v) is 1.55. The first-order valence-corrected chi connectivity index (χ1v) is 7.08. The SMILES string of the molecule is CCC(C)(O)COc1ccc(CNCC(C)C)cc1. The second-order valence-electron chi connectivity index (χ2n) is 5.81. The van der Waals surface area contributed by atoms with E-state index in [0.717, 1.165) is 18.8 Å². The Labute approximate surface area is 117 Å². The van der Waals surface area contributed by atoms with Crippen LogP contribution in [0, 0.1) is 5.92 Å². The summed E-state index contributed by atoms with van der Waals surface area (Å²) in [6.07, 6.45) is 0.685. The Bertz CT molecular complexity index is 358. The second kappa shape index (κ2) is 7.51. The minimum atomic E-state index is -0.752. The first-order chi connectivity index (χ1) is 8.93. The highest BCUT2D eigenvalue weighted by molar-refractivity contribution is 5.27. The van der Waals surface area contributed by atoms with Crippen LogP contribution in [-0.4, -0.2) is 23.9 Å². The summed E-state index contributed by atoms with van der Waals surface area (Å²) in [5.41, 5.74) is 0.493. The monoisotopic (exact) mass is 265 g/mol. The van der Waals surface area contributed by atoms with E-state index in [4.69, 9.17) is 4.74 Å². The van der Waals surface area contributed by atoms with Crippen LogP contribution in [0.3, 0.4) is 0 Å². The molecule has 0 radical (unpaired) electrons. The summed E-state index contributed by atoms with van der Waals surface area (Å²) in [4.78, 5) is 0. The summed E-state index contributed by atoms with van der Waals surface area (Å²) in [5.74, 6) is 1.47. The number of ether oxygens (including phenoxy) is 1. The molecule has 0 saturated carbocycles. The molecule has 108 valence electrons. The molecule has 1 rings (SSSR count). The second-order valence-corrected chi connectivity index (χ2v) is 5.81. The van der Waals surface area contributed by atoms with Crippen LogP contribution in [0.15, 0.2) is 24.3 Å². The van der Waals surface area contributed by atoms with Gasteiger partial charge in [-0.3, -0.25) is 0 Å². The molecule has 19 heavy (non-hydrogen) atoms. The highest BCUT2D eigenvalue weighted by atomic mass is 16.5. The molecule has 1 atom stereocenters. The summed E-state index contributed by atoms with van der Waals surface area (Å²) < 4.78 is 5.59. The Morgan fingerprint density at radius 3 is 2.42 bits per heavy atom. The fourth-order valence-electron chi connectivity index (χ4n) is 1.55. The lowest BCUT2D eigenvalue weighted by atomic mass is 10.1. The van der Waals surface area contributed by atoms with Crippen LogP contribution in [0.25, 0.3) is 0 Å². The average Bonchev–Trinajstić information content (AvgIpc) is 2.37. The summed E-state index contributed by atoms with van der Waals surface area (Å²) >= 11 is 0. The predicted molar refractivity (Wildman–Crippen MR) is 79.4 cm³/mol. The molecule has 1 aromatic carbocycles. The molecule has 0 aliphatic rings. The van der Waals surface area contributed by atoms with Gasteiger partial charge in [-0.15, -0.1) is 0 Å². The van der Waals surface area contributed by atoms with Crippen LogP contribution in [0.4, 0.5) is 0 Å². The zero-order valence-electron chi connectivity index (χ0n) is 12.6. The van der Waals surface area contributed by atoms with Crippen LogP contribution >= 0.6 is 0 Å². The van der Waals surface area contributed by atoms with Gasteiger partial charge in [-0.05, 0) is 43.5 Å². The van der Waals surface area contributed by atoms with E-state index in [9.17, 15) is 5.11 Å². The lowest BCUT2D eigenvalue weighted by Gasteiger charge is -2.21. The normalized spacial score (nSPS) is 14.4. The summed E-state index contributed by atoms with van der Waals surface area (Å²) in [5, 5.41) is 13.3. The van der Waals surface area contributed by atoms with Crippen molar-refractivity contribution in [3.63, 3.8) is 0 Å². The van der Waals surface area contributed by atoms with E-state index in [0.29, 0.717) is 18.9 Å². The Morgan fingerprint density at radius 2 is 1.89 bits per heavy atom. The molecule has 0 aliphatic carbocycles. The van der Waals surface area contributed by atoms with Gasteiger partial charge in [0.1, 0.15) is 12.4 Å². The molecule has 0 heterocycles. The topological polar surface area (TPSA) is 41.5 Å². The van der Waals surface area contributed by atoms with Gasteiger partial charge in [0.25, 0.3) is 0 Å². The number of aliphatic hydroxyl groups is 1. The van der Waals surface area contributed by atoms with E-state index in [1.54, 1.807) is 6.92 Å². The van der Waals surface area contributed by atoms with Gasteiger partial charge in [0, 0.05) is 6.54 Å². The van der Waals surface area contributed by atoms with Crippen molar-refractivity contribution in [2.75, 3.05) is 13.2 Å². The van der Waals surface area contributed by atoms with Gasteiger partial charge in [-0.25, -0.2) is 0 Å². The molecule has 0 bridgehead atoms. The standard InChI is InChI=1S/C16H27NO2/c1-5-16(4,18)12-19-15-8-6-14(7-9-15)11-17-10-13(2)3/h6-9,13,17-18H,5,10-12H2,1-4H3. The van der Waals surface area contributed by atoms with Crippen LogP contribution in [0.2, 0.25) is 0 Å². The Balaban J connectivity index is 2.39. The maximum atomic E-state index is 9.87. The molecule has 3 heteroatoms.